The van der Waals surface area contributed by atoms with Crippen molar-refractivity contribution in [1.29, 1.82) is 0 Å². The summed E-state index contributed by atoms with van der Waals surface area (Å²) in [5.74, 6) is -0.557. The highest BCUT2D eigenvalue weighted by Crippen LogP contribution is 2.27. The predicted octanol–water partition coefficient (Wildman–Crippen LogP) is 7.11. The molecular formula is C23H18Cl2FNO. The molecule has 142 valence electrons. The number of para-hydroxylation sites is 1. The van der Waals surface area contributed by atoms with Gasteiger partial charge < -0.3 is 5.32 Å². The van der Waals surface area contributed by atoms with Crippen LogP contribution in [0.1, 0.15) is 27.0 Å². The lowest BCUT2D eigenvalue weighted by Crippen LogP contribution is -2.12. The van der Waals surface area contributed by atoms with Crippen LogP contribution in [-0.4, -0.2) is 5.91 Å². The number of hydrogen-bond donors (Lipinski definition) is 1. The van der Waals surface area contributed by atoms with Crippen LogP contribution in [0.25, 0.3) is 5.83 Å². The van der Waals surface area contributed by atoms with Crippen molar-refractivity contribution in [1.82, 2.24) is 0 Å². The lowest BCUT2D eigenvalue weighted by Gasteiger charge is -2.08. The number of carbonyl (C=O) groups is 1. The minimum atomic E-state index is -0.375. The summed E-state index contributed by atoms with van der Waals surface area (Å²) in [5, 5.41) is 3.59. The Morgan fingerprint density at radius 3 is 2.32 bits per heavy atom. The van der Waals surface area contributed by atoms with Gasteiger partial charge in [0.05, 0.1) is 10.0 Å². The standard InChI is InChI=1S/C23H18Cl2FNO/c1-15-4-2-3-5-22(15)27-23(28)17-9-6-16(7-10-17)8-13-21(26)18-11-12-19(24)20(25)14-18/h2-7,9-14H,8H2,1H3,(H,27,28)/b21-13-. The first-order valence-electron chi connectivity index (χ1n) is 8.71. The number of allylic oxidation sites excluding steroid dienone is 1. The number of halogens is 3. The number of amides is 1. The summed E-state index contributed by atoms with van der Waals surface area (Å²) >= 11 is 11.8. The van der Waals surface area contributed by atoms with E-state index in [-0.39, 0.29) is 11.7 Å². The first kappa shape index (κ1) is 20.1. The van der Waals surface area contributed by atoms with Gasteiger partial charge in [-0.25, -0.2) is 4.39 Å². The molecular weight excluding hydrogens is 396 g/mol. The van der Waals surface area contributed by atoms with Crippen LogP contribution >= 0.6 is 23.2 Å². The van der Waals surface area contributed by atoms with Crippen LogP contribution in [0.3, 0.4) is 0 Å². The lowest BCUT2D eigenvalue weighted by molar-refractivity contribution is 0.102. The van der Waals surface area contributed by atoms with Crippen molar-refractivity contribution in [3.05, 3.63) is 105 Å². The minimum absolute atomic E-state index is 0.182. The van der Waals surface area contributed by atoms with E-state index in [1.807, 2.05) is 43.3 Å². The monoisotopic (exact) mass is 413 g/mol. The quantitative estimate of drug-likeness (QED) is 0.474. The van der Waals surface area contributed by atoms with Gasteiger partial charge in [-0.1, -0.05) is 59.6 Å². The molecule has 0 atom stereocenters. The molecule has 0 radical (unpaired) electrons. The maximum atomic E-state index is 14.3. The van der Waals surface area contributed by atoms with E-state index in [4.69, 9.17) is 23.2 Å². The third-order valence-electron chi connectivity index (χ3n) is 4.32. The number of nitrogens with one attached hydrogen (secondary N) is 1. The van der Waals surface area contributed by atoms with E-state index in [1.165, 1.54) is 12.1 Å². The van der Waals surface area contributed by atoms with Crippen LogP contribution in [0, 0.1) is 6.92 Å². The Bertz CT molecular complexity index is 1030. The molecule has 0 unspecified atom stereocenters. The fourth-order valence-corrected chi connectivity index (χ4v) is 2.97. The molecule has 0 aromatic heterocycles. The average Bonchev–Trinajstić information content (AvgIpc) is 2.70. The van der Waals surface area contributed by atoms with E-state index >= 15 is 0 Å². The number of anilines is 1. The highest BCUT2D eigenvalue weighted by molar-refractivity contribution is 6.42. The molecule has 0 aliphatic heterocycles. The maximum absolute atomic E-state index is 14.3. The van der Waals surface area contributed by atoms with Crippen LogP contribution < -0.4 is 5.32 Å². The van der Waals surface area contributed by atoms with Crippen molar-refractivity contribution in [3.63, 3.8) is 0 Å². The zero-order valence-corrected chi connectivity index (χ0v) is 16.7. The fourth-order valence-electron chi connectivity index (χ4n) is 2.67. The van der Waals surface area contributed by atoms with Crippen molar-refractivity contribution in [2.45, 2.75) is 13.3 Å². The van der Waals surface area contributed by atoms with Crippen LogP contribution in [0.15, 0.2) is 72.8 Å². The van der Waals surface area contributed by atoms with Gasteiger partial charge in [-0.15, -0.1) is 0 Å². The highest BCUT2D eigenvalue weighted by Gasteiger charge is 2.08. The number of aryl methyl sites for hydroxylation is 1. The van der Waals surface area contributed by atoms with E-state index in [0.29, 0.717) is 27.6 Å². The van der Waals surface area contributed by atoms with Gasteiger partial charge in [0, 0.05) is 16.8 Å². The van der Waals surface area contributed by atoms with Gasteiger partial charge in [0.25, 0.3) is 5.91 Å². The van der Waals surface area contributed by atoms with E-state index in [9.17, 15) is 9.18 Å². The van der Waals surface area contributed by atoms with E-state index < -0.39 is 0 Å². The van der Waals surface area contributed by atoms with Crippen LogP contribution in [0.2, 0.25) is 10.0 Å². The fraction of sp³-hybridized carbons (Fsp3) is 0.0870. The smallest absolute Gasteiger partial charge is 0.255 e. The second kappa shape index (κ2) is 9.05. The molecule has 0 aliphatic carbocycles. The molecule has 3 aromatic carbocycles. The molecule has 2 nitrogen and oxygen atoms in total. The Kier molecular flexibility index (Phi) is 6.50. The largest absolute Gasteiger partial charge is 0.322 e. The summed E-state index contributed by atoms with van der Waals surface area (Å²) in [4.78, 5) is 12.4. The Hall–Kier alpha value is -2.62. The number of benzene rings is 3. The average molecular weight is 414 g/mol. The van der Waals surface area contributed by atoms with Crippen molar-refractivity contribution in [3.8, 4) is 0 Å². The molecule has 5 heteroatoms. The zero-order valence-electron chi connectivity index (χ0n) is 15.2. The lowest BCUT2D eigenvalue weighted by atomic mass is 10.1. The Morgan fingerprint density at radius 1 is 0.964 bits per heavy atom. The Morgan fingerprint density at radius 2 is 1.64 bits per heavy atom. The molecule has 0 spiro atoms. The normalized spacial score (nSPS) is 11.4. The summed E-state index contributed by atoms with van der Waals surface area (Å²) in [6.45, 7) is 1.94. The topological polar surface area (TPSA) is 29.1 Å². The summed E-state index contributed by atoms with van der Waals surface area (Å²) in [6.07, 6.45) is 1.87. The van der Waals surface area contributed by atoms with Gasteiger partial charge in [-0.05, 0) is 60.9 Å². The van der Waals surface area contributed by atoms with E-state index in [2.05, 4.69) is 5.32 Å². The van der Waals surface area contributed by atoms with Gasteiger partial charge in [0.15, 0.2) is 0 Å². The summed E-state index contributed by atoms with van der Waals surface area (Å²) in [6, 6.07) is 19.3. The van der Waals surface area contributed by atoms with Gasteiger partial charge in [0.2, 0.25) is 0 Å². The van der Waals surface area contributed by atoms with Crippen molar-refractivity contribution < 1.29 is 9.18 Å². The molecule has 0 bridgehead atoms. The SMILES string of the molecule is Cc1ccccc1NC(=O)c1ccc(C/C=C(\F)c2ccc(Cl)c(Cl)c2)cc1. The molecule has 3 rings (SSSR count). The molecule has 0 heterocycles. The molecule has 3 aromatic rings. The molecule has 0 saturated carbocycles. The highest BCUT2D eigenvalue weighted by atomic mass is 35.5. The summed E-state index contributed by atoms with van der Waals surface area (Å²) in [5.41, 5.74) is 3.59. The Labute approximate surface area is 173 Å². The van der Waals surface area contributed by atoms with Crippen LogP contribution in [0.4, 0.5) is 10.1 Å². The van der Waals surface area contributed by atoms with Gasteiger partial charge in [0.1, 0.15) is 5.83 Å². The third-order valence-corrected chi connectivity index (χ3v) is 5.06. The van der Waals surface area contributed by atoms with Crippen molar-refractivity contribution in [2.75, 3.05) is 5.32 Å². The van der Waals surface area contributed by atoms with Gasteiger partial charge >= 0.3 is 0 Å². The van der Waals surface area contributed by atoms with Crippen molar-refractivity contribution >= 4 is 40.6 Å². The first-order chi connectivity index (χ1) is 13.4. The third kappa shape index (κ3) is 5.00. The first-order valence-corrected chi connectivity index (χ1v) is 9.46. The molecule has 0 saturated heterocycles. The molecule has 1 N–H and O–H groups in total. The second-order valence-corrected chi connectivity index (χ2v) is 7.17. The summed E-state index contributed by atoms with van der Waals surface area (Å²) in [7, 11) is 0. The van der Waals surface area contributed by atoms with Crippen molar-refractivity contribution in [2.24, 2.45) is 0 Å². The summed E-state index contributed by atoms with van der Waals surface area (Å²) < 4.78 is 14.3. The van der Waals surface area contributed by atoms with Gasteiger partial charge in [-0.2, -0.15) is 0 Å². The van der Waals surface area contributed by atoms with E-state index in [0.717, 1.165) is 16.8 Å². The molecule has 28 heavy (non-hydrogen) atoms. The Balaban J connectivity index is 1.66. The molecule has 1 amide bonds. The second-order valence-electron chi connectivity index (χ2n) is 6.35. The van der Waals surface area contributed by atoms with Gasteiger partial charge in [-0.3, -0.25) is 4.79 Å². The molecule has 0 fully saturated rings. The predicted molar refractivity (Wildman–Crippen MR) is 115 cm³/mol. The maximum Gasteiger partial charge on any atom is 0.255 e. The van der Waals surface area contributed by atoms with E-state index in [1.54, 1.807) is 24.3 Å². The molecule has 0 aliphatic rings. The number of rotatable bonds is 5. The van der Waals surface area contributed by atoms with Crippen LogP contribution in [-0.2, 0) is 6.42 Å². The minimum Gasteiger partial charge on any atom is -0.322 e. The zero-order chi connectivity index (χ0) is 20.1. The number of hydrogen-bond acceptors (Lipinski definition) is 1. The van der Waals surface area contributed by atoms with Crippen LogP contribution in [0.5, 0.6) is 0 Å². The number of carbonyl (C=O) groups excluding carboxylic acids is 1.